The summed E-state index contributed by atoms with van der Waals surface area (Å²) >= 11 is 0. The SMILES string of the molecule is Cc1cc(CNCc2c[nH]c3ncccc23)no1. The number of H-pyrrole nitrogens is 1. The zero-order valence-electron chi connectivity index (χ0n) is 10.1. The molecule has 5 nitrogen and oxygen atoms in total. The van der Waals surface area contributed by atoms with Crippen LogP contribution in [0.2, 0.25) is 0 Å². The van der Waals surface area contributed by atoms with E-state index < -0.39 is 0 Å². The van der Waals surface area contributed by atoms with Gasteiger partial charge in [0.05, 0.1) is 5.69 Å². The van der Waals surface area contributed by atoms with E-state index in [0.29, 0.717) is 6.54 Å². The normalized spacial score (nSPS) is 11.2. The highest BCUT2D eigenvalue weighted by atomic mass is 16.5. The van der Waals surface area contributed by atoms with Gasteiger partial charge in [0.15, 0.2) is 0 Å². The van der Waals surface area contributed by atoms with Crippen LogP contribution >= 0.6 is 0 Å². The molecule has 0 bridgehead atoms. The van der Waals surface area contributed by atoms with Crippen molar-refractivity contribution in [2.24, 2.45) is 0 Å². The number of fused-ring (bicyclic) bond motifs is 1. The van der Waals surface area contributed by atoms with Crippen LogP contribution in [0.25, 0.3) is 11.0 Å². The van der Waals surface area contributed by atoms with Gasteiger partial charge in [-0.1, -0.05) is 5.16 Å². The summed E-state index contributed by atoms with van der Waals surface area (Å²) in [4.78, 5) is 7.42. The van der Waals surface area contributed by atoms with Crippen LogP contribution in [0.3, 0.4) is 0 Å². The van der Waals surface area contributed by atoms with Gasteiger partial charge in [-0.3, -0.25) is 0 Å². The summed E-state index contributed by atoms with van der Waals surface area (Å²) in [6, 6.07) is 5.94. The largest absolute Gasteiger partial charge is 0.361 e. The molecule has 0 aromatic carbocycles. The maximum atomic E-state index is 5.02. The molecule has 3 aromatic rings. The Morgan fingerprint density at radius 2 is 2.33 bits per heavy atom. The van der Waals surface area contributed by atoms with Crippen molar-refractivity contribution >= 4 is 11.0 Å². The van der Waals surface area contributed by atoms with Crippen LogP contribution in [0.5, 0.6) is 0 Å². The fourth-order valence-electron chi connectivity index (χ4n) is 1.99. The highest BCUT2D eigenvalue weighted by Gasteiger charge is 2.04. The van der Waals surface area contributed by atoms with Crippen LogP contribution in [-0.4, -0.2) is 15.1 Å². The first-order valence-corrected chi connectivity index (χ1v) is 5.87. The number of aryl methyl sites for hydroxylation is 1. The minimum atomic E-state index is 0.699. The molecule has 0 spiro atoms. The van der Waals surface area contributed by atoms with Crippen molar-refractivity contribution in [1.29, 1.82) is 0 Å². The van der Waals surface area contributed by atoms with E-state index in [1.165, 1.54) is 5.56 Å². The minimum absolute atomic E-state index is 0.699. The fourth-order valence-corrected chi connectivity index (χ4v) is 1.99. The third-order valence-electron chi connectivity index (χ3n) is 2.84. The standard InChI is InChI=1S/C13H14N4O/c1-9-5-11(17-18-9)8-14-6-10-7-16-13-12(10)3-2-4-15-13/h2-5,7,14H,6,8H2,1H3,(H,15,16). The van der Waals surface area contributed by atoms with Crippen LogP contribution in [-0.2, 0) is 13.1 Å². The van der Waals surface area contributed by atoms with Crippen molar-refractivity contribution in [2.75, 3.05) is 0 Å². The second kappa shape index (κ2) is 4.62. The second-order valence-corrected chi connectivity index (χ2v) is 4.25. The molecule has 3 aromatic heterocycles. The van der Waals surface area contributed by atoms with Gasteiger partial charge in [0.25, 0.3) is 0 Å². The molecule has 0 saturated heterocycles. The average molecular weight is 242 g/mol. The maximum Gasteiger partial charge on any atom is 0.137 e. The third-order valence-corrected chi connectivity index (χ3v) is 2.84. The molecule has 0 fully saturated rings. The molecule has 0 saturated carbocycles. The number of aromatic nitrogens is 3. The molecular formula is C13H14N4O. The number of aromatic amines is 1. The van der Waals surface area contributed by atoms with E-state index in [9.17, 15) is 0 Å². The van der Waals surface area contributed by atoms with E-state index >= 15 is 0 Å². The molecule has 3 rings (SSSR count). The lowest BCUT2D eigenvalue weighted by Gasteiger charge is -2.00. The predicted molar refractivity (Wildman–Crippen MR) is 67.9 cm³/mol. The van der Waals surface area contributed by atoms with Crippen molar-refractivity contribution in [3.63, 3.8) is 0 Å². The highest BCUT2D eigenvalue weighted by Crippen LogP contribution is 2.15. The Bertz CT molecular complexity index is 656. The second-order valence-electron chi connectivity index (χ2n) is 4.25. The zero-order valence-corrected chi connectivity index (χ0v) is 10.1. The molecule has 0 aliphatic heterocycles. The van der Waals surface area contributed by atoms with Crippen LogP contribution in [0.1, 0.15) is 17.0 Å². The van der Waals surface area contributed by atoms with Crippen LogP contribution in [0.15, 0.2) is 35.1 Å². The molecule has 0 radical (unpaired) electrons. The van der Waals surface area contributed by atoms with E-state index in [1.807, 2.05) is 25.3 Å². The van der Waals surface area contributed by atoms with Gasteiger partial charge in [-0.25, -0.2) is 4.98 Å². The lowest BCUT2D eigenvalue weighted by Crippen LogP contribution is -2.12. The molecule has 5 heteroatoms. The average Bonchev–Trinajstić information content (AvgIpc) is 2.97. The molecule has 0 amide bonds. The Hall–Kier alpha value is -2.14. The van der Waals surface area contributed by atoms with Crippen molar-refractivity contribution in [3.05, 3.63) is 47.6 Å². The smallest absolute Gasteiger partial charge is 0.137 e. The topological polar surface area (TPSA) is 66.7 Å². The predicted octanol–water partition coefficient (Wildman–Crippen LogP) is 2.15. The van der Waals surface area contributed by atoms with Gasteiger partial charge in [0.2, 0.25) is 0 Å². The molecule has 0 aliphatic rings. The third kappa shape index (κ3) is 2.12. The summed E-state index contributed by atoms with van der Waals surface area (Å²) in [5, 5.41) is 8.43. The first-order chi connectivity index (χ1) is 8.83. The lowest BCUT2D eigenvalue weighted by molar-refractivity contribution is 0.388. The van der Waals surface area contributed by atoms with Crippen LogP contribution in [0.4, 0.5) is 0 Å². The fraction of sp³-hybridized carbons (Fsp3) is 0.231. The highest BCUT2D eigenvalue weighted by molar-refractivity contribution is 5.79. The maximum absolute atomic E-state index is 5.02. The van der Waals surface area contributed by atoms with Crippen molar-refractivity contribution in [2.45, 2.75) is 20.0 Å². The molecule has 18 heavy (non-hydrogen) atoms. The van der Waals surface area contributed by atoms with Crippen molar-refractivity contribution in [1.82, 2.24) is 20.4 Å². The van der Waals surface area contributed by atoms with Gasteiger partial charge >= 0.3 is 0 Å². The summed E-state index contributed by atoms with van der Waals surface area (Å²) < 4.78 is 5.02. The van der Waals surface area contributed by atoms with Crippen LogP contribution < -0.4 is 5.32 Å². The summed E-state index contributed by atoms with van der Waals surface area (Å²) in [5.41, 5.74) is 3.05. The van der Waals surface area contributed by atoms with E-state index in [1.54, 1.807) is 6.20 Å². The van der Waals surface area contributed by atoms with E-state index in [2.05, 4.69) is 26.5 Å². The molecular weight excluding hydrogens is 228 g/mol. The monoisotopic (exact) mass is 242 g/mol. The summed E-state index contributed by atoms with van der Waals surface area (Å²) in [5.74, 6) is 0.836. The van der Waals surface area contributed by atoms with Gasteiger partial charge in [0, 0.05) is 36.9 Å². The number of rotatable bonds is 4. The summed E-state index contributed by atoms with van der Waals surface area (Å²) in [6.45, 7) is 3.36. The van der Waals surface area contributed by atoms with Crippen molar-refractivity contribution < 1.29 is 4.52 Å². The molecule has 2 N–H and O–H groups in total. The van der Waals surface area contributed by atoms with Crippen LogP contribution in [0, 0.1) is 6.92 Å². The van der Waals surface area contributed by atoms with E-state index in [0.717, 1.165) is 29.0 Å². The number of hydrogen-bond donors (Lipinski definition) is 2. The quantitative estimate of drug-likeness (QED) is 0.735. The first kappa shape index (κ1) is 11.0. The van der Waals surface area contributed by atoms with E-state index in [-0.39, 0.29) is 0 Å². The number of pyridine rings is 1. The summed E-state index contributed by atoms with van der Waals surface area (Å²) in [7, 11) is 0. The zero-order chi connectivity index (χ0) is 12.4. The van der Waals surface area contributed by atoms with Gasteiger partial charge in [0.1, 0.15) is 11.4 Å². The number of hydrogen-bond acceptors (Lipinski definition) is 4. The van der Waals surface area contributed by atoms with Crippen molar-refractivity contribution in [3.8, 4) is 0 Å². The Labute approximate surface area is 104 Å². The summed E-state index contributed by atoms with van der Waals surface area (Å²) in [6.07, 6.45) is 3.77. The molecule has 92 valence electrons. The number of nitrogens with zero attached hydrogens (tertiary/aromatic N) is 2. The Balaban J connectivity index is 1.66. The van der Waals surface area contributed by atoms with Gasteiger partial charge in [-0.2, -0.15) is 0 Å². The molecule has 0 atom stereocenters. The Morgan fingerprint density at radius 1 is 1.39 bits per heavy atom. The van der Waals surface area contributed by atoms with E-state index in [4.69, 9.17) is 4.52 Å². The number of nitrogens with one attached hydrogen (secondary N) is 2. The van der Waals surface area contributed by atoms with Gasteiger partial charge in [-0.15, -0.1) is 0 Å². The van der Waals surface area contributed by atoms with Gasteiger partial charge in [-0.05, 0) is 24.6 Å². The Morgan fingerprint density at radius 3 is 3.17 bits per heavy atom. The molecule has 0 aliphatic carbocycles. The minimum Gasteiger partial charge on any atom is -0.361 e. The first-order valence-electron chi connectivity index (χ1n) is 5.87. The Kier molecular flexibility index (Phi) is 2.82. The molecule has 0 unspecified atom stereocenters. The molecule has 3 heterocycles. The van der Waals surface area contributed by atoms with Gasteiger partial charge < -0.3 is 14.8 Å². The lowest BCUT2D eigenvalue weighted by atomic mass is 10.2.